The quantitative estimate of drug-likeness (QED) is 0.334. The number of anilines is 1. The Bertz CT molecular complexity index is 598. The second kappa shape index (κ2) is 5.04. The van der Waals surface area contributed by atoms with E-state index in [2.05, 4.69) is 10.1 Å². The highest BCUT2D eigenvalue weighted by molar-refractivity contribution is 7.91. The fraction of sp³-hybridized carbons (Fsp3) is 0.455. The predicted octanol–water partition coefficient (Wildman–Crippen LogP) is -0.281. The summed E-state index contributed by atoms with van der Waals surface area (Å²) in [5.41, 5.74) is 6.86. The van der Waals surface area contributed by atoms with Crippen LogP contribution in [-0.2, 0) is 9.84 Å². The number of sulfone groups is 1. The molecule has 19 heavy (non-hydrogen) atoms. The molecule has 1 fully saturated rings. The second-order valence-corrected chi connectivity index (χ2v) is 6.78. The molecule has 0 bridgehead atoms. The number of nitrogens with two attached hydrogens (primary N) is 1. The third-order valence-electron chi connectivity index (χ3n) is 3.01. The average Bonchev–Trinajstić information content (AvgIpc) is 2.37. The van der Waals surface area contributed by atoms with Gasteiger partial charge in [-0.2, -0.15) is 0 Å². The summed E-state index contributed by atoms with van der Waals surface area (Å²) in [5, 5.41) is 11.7. The number of pyridine rings is 1. The lowest BCUT2D eigenvalue weighted by Gasteiger charge is -2.28. The van der Waals surface area contributed by atoms with Gasteiger partial charge in [0.2, 0.25) is 0 Å². The largest absolute Gasteiger partial charge is 0.409 e. The number of amidine groups is 1. The molecule has 0 unspecified atom stereocenters. The number of aromatic nitrogens is 1. The summed E-state index contributed by atoms with van der Waals surface area (Å²) in [5.74, 6) is 0.913. The Kier molecular flexibility index (Phi) is 3.61. The Morgan fingerprint density at radius 1 is 1.42 bits per heavy atom. The van der Waals surface area contributed by atoms with Gasteiger partial charge >= 0.3 is 0 Å². The third-order valence-corrected chi connectivity index (χ3v) is 4.62. The fourth-order valence-corrected chi connectivity index (χ4v) is 3.16. The van der Waals surface area contributed by atoms with Crippen molar-refractivity contribution in [3.8, 4) is 0 Å². The highest BCUT2D eigenvalue weighted by atomic mass is 32.2. The summed E-state index contributed by atoms with van der Waals surface area (Å²) in [6, 6.07) is 3.40. The number of hydrogen-bond donors (Lipinski definition) is 2. The molecule has 2 heterocycles. The molecule has 0 radical (unpaired) electrons. The van der Waals surface area contributed by atoms with Crippen LogP contribution in [0.4, 0.5) is 5.82 Å². The van der Waals surface area contributed by atoms with Crippen LogP contribution in [0.1, 0.15) is 11.3 Å². The van der Waals surface area contributed by atoms with E-state index in [1.807, 2.05) is 4.90 Å². The molecule has 0 saturated carbocycles. The van der Waals surface area contributed by atoms with E-state index in [-0.39, 0.29) is 17.3 Å². The van der Waals surface area contributed by atoms with Crippen molar-refractivity contribution in [2.45, 2.75) is 6.92 Å². The van der Waals surface area contributed by atoms with E-state index in [0.717, 1.165) is 5.69 Å². The van der Waals surface area contributed by atoms with Gasteiger partial charge in [-0.25, -0.2) is 13.4 Å². The summed E-state index contributed by atoms with van der Waals surface area (Å²) in [7, 11) is -2.92. The van der Waals surface area contributed by atoms with Crippen LogP contribution in [0.15, 0.2) is 17.3 Å². The molecule has 1 aliphatic heterocycles. The monoisotopic (exact) mass is 284 g/mol. The SMILES string of the molecule is Cc1cc(/C(N)=N/O)cc(N2CCS(=O)(=O)CC2)n1. The minimum Gasteiger partial charge on any atom is -0.409 e. The molecule has 1 saturated heterocycles. The van der Waals surface area contributed by atoms with Crippen molar-refractivity contribution in [2.24, 2.45) is 10.9 Å². The van der Waals surface area contributed by atoms with Gasteiger partial charge in [-0.3, -0.25) is 0 Å². The molecular weight excluding hydrogens is 268 g/mol. The topological polar surface area (TPSA) is 109 Å². The summed E-state index contributed by atoms with van der Waals surface area (Å²) in [4.78, 5) is 6.25. The molecule has 0 aliphatic carbocycles. The van der Waals surface area contributed by atoms with Crippen molar-refractivity contribution in [3.05, 3.63) is 23.4 Å². The summed E-state index contributed by atoms with van der Waals surface area (Å²) in [6.45, 7) is 2.63. The maximum Gasteiger partial charge on any atom is 0.170 e. The smallest absolute Gasteiger partial charge is 0.170 e. The van der Waals surface area contributed by atoms with Crippen LogP contribution < -0.4 is 10.6 Å². The normalized spacial score (nSPS) is 19.4. The van der Waals surface area contributed by atoms with Crippen LogP contribution in [0.3, 0.4) is 0 Å². The van der Waals surface area contributed by atoms with Crippen molar-refractivity contribution in [3.63, 3.8) is 0 Å². The lowest BCUT2D eigenvalue weighted by Crippen LogP contribution is -2.40. The summed E-state index contributed by atoms with van der Waals surface area (Å²) < 4.78 is 22.8. The lowest BCUT2D eigenvalue weighted by molar-refractivity contribution is 0.318. The van der Waals surface area contributed by atoms with Crippen molar-refractivity contribution < 1.29 is 13.6 Å². The first-order valence-corrected chi connectivity index (χ1v) is 7.65. The zero-order chi connectivity index (χ0) is 14.0. The zero-order valence-corrected chi connectivity index (χ0v) is 11.4. The van der Waals surface area contributed by atoms with E-state index in [9.17, 15) is 8.42 Å². The van der Waals surface area contributed by atoms with E-state index in [0.29, 0.717) is 24.5 Å². The molecule has 0 aromatic carbocycles. The Hall–Kier alpha value is -1.83. The number of oxime groups is 1. The number of aryl methyl sites for hydroxylation is 1. The van der Waals surface area contributed by atoms with Crippen LogP contribution >= 0.6 is 0 Å². The molecular formula is C11H16N4O3S. The molecule has 8 heteroatoms. The zero-order valence-electron chi connectivity index (χ0n) is 10.6. The first kappa shape index (κ1) is 13.6. The minimum absolute atomic E-state index is 0.0105. The molecule has 104 valence electrons. The molecule has 1 aliphatic rings. The fourth-order valence-electron chi connectivity index (χ4n) is 1.96. The lowest BCUT2D eigenvalue weighted by atomic mass is 10.2. The van der Waals surface area contributed by atoms with Gasteiger partial charge in [0.1, 0.15) is 5.82 Å². The number of hydrogen-bond acceptors (Lipinski definition) is 6. The van der Waals surface area contributed by atoms with Gasteiger partial charge in [-0.15, -0.1) is 0 Å². The highest BCUT2D eigenvalue weighted by Crippen LogP contribution is 2.17. The van der Waals surface area contributed by atoms with Crippen LogP contribution in [0.2, 0.25) is 0 Å². The average molecular weight is 284 g/mol. The van der Waals surface area contributed by atoms with E-state index < -0.39 is 9.84 Å². The van der Waals surface area contributed by atoms with E-state index in [1.54, 1.807) is 19.1 Å². The van der Waals surface area contributed by atoms with E-state index in [4.69, 9.17) is 10.9 Å². The van der Waals surface area contributed by atoms with Crippen molar-refractivity contribution in [1.29, 1.82) is 0 Å². The standard InChI is InChI=1S/C11H16N4O3S/c1-8-6-9(11(12)14-16)7-10(13-8)15-2-4-19(17,18)5-3-15/h6-7,16H,2-5H2,1H3,(H2,12,14). The van der Waals surface area contributed by atoms with E-state index >= 15 is 0 Å². The maximum atomic E-state index is 11.4. The first-order chi connectivity index (χ1) is 8.91. The number of nitrogens with zero attached hydrogens (tertiary/aromatic N) is 3. The molecule has 0 atom stereocenters. The Labute approximate surface area is 111 Å². The molecule has 2 rings (SSSR count). The van der Waals surface area contributed by atoms with Crippen molar-refractivity contribution in [2.75, 3.05) is 29.5 Å². The van der Waals surface area contributed by atoms with Gasteiger partial charge < -0.3 is 15.8 Å². The van der Waals surface area contributed by atoms with Gasteiger partial charge in [0.25, 0.3) is 0 Å². The van der Waals surface area contributed by atoms with Crippen LogP contribution in [0.5, 0.6) is 0 Å². The van der Waals surface area contributed by atoms with Gasteiger partial charge in [-0.05, 0) is 19.1 Å². The van der Waals surface area contributed by atoms with Gasteiger partial charge in [0.05, 0.1) is 11.5 Å². The third kappa shape index (κ3) is 3.14. The summed E-state index contributed by atoms with van der Waals surface area (Å²) >= 11 is 0. The number of rotatable bonds is 2. The second-order valence-electron chi connectivity index (χ2n) is 4.48. The Balaban J connectivity index is 2.28. The van der Waals surface area contributed by atoms with Gasteiger partial charge in [-0.1, -0.05) is 5.16 Å². The van der Waals surface area contributed by atoms with Crippen LogP contribution in [0, 0.1) is 6.92 Å². The Morgan fingerprint density at radius 3 is 2.63 bits per heavy atom. The summed E-state index contributed by atoms with van der Waals surface area (Å²) in [6.07, 6.45) is 0. The molecule has 0 spiro atoms. The molecule has 7 nitrogen and oxygen atoms in total. The van der Waals surface area contributed by atoms with Crippen molar-refractivity contribution in [1.82, 2.24) is 4.98 Å². The molecule has 1 aromatic heterocycles. The van der Waals surface area contributed by atoms with Gasteiger partial charge in [0, 0.05) is 24.3 Å². The predicted molar refractivity (Wildman–Crippen MR) is 72.4 cm³/mol. The maximum absolute atomic E-state index is 11.4. The Morgan fingerprint density at radius 2 is 2.05 bits per heavy atom. The van der Waals surface area contributed by atoms with E-state index in [1.165, 1.54) is 0 Å². The molecule has 3 N–H and O–H groups in total. The highest BCUT2D eigenvalue weighted by Gasteiger charge is 2.23. The first-order valence-electron chi connectivity index (χ1n) is 5.83. The minimum atomic E-state index is -2.92. The van der Waals surface area contributed by atoms with Crippen molar-refractivity contribution >= 4 is 21.5 Å². The van der Waals surface area contributed by atoms with Crippen LogP contribution in [0.25, 0.3) is 0 Å². The van der Waals surface area contributed by atoms with Gasteiger partial charge in [0.15, 0.2) is 15.7 Å². The molecule has 0 amide bonds. The molecule has 1 aromatic rings. The van der Waals surface area contributed by atoms with Crippen LogP contribution in [-0.4, -0.2) is 49.0 Å².